The summed E-state index contributed by atoms with van der Waals surface area (Å²) in [4.78, 5) is 29.1. The third-order valence-electron chi connectivity index (χ3n) is 6.52. The fraction of sp³-hybridized carbons (Fsp3) is 0.333. The van der Waals surface area contributed by atoms with Crippen molar-refractivity contribution in [1.82, 2.24) is 14.5 Å². The van der Waals surface area contributed by atoms with Crippen LogP contribution in [0.4, 0.5) is 5.69 Å². The lowest BCUT2D eigenvalue weighted by molar-refractivity contribution is -0.140. The molecule has 0 bridgehead atoms. The molecule has 0 saturated heterocycles. The molecule has 10 heteroatoms. The molecule has 1 unspecified atom stereocenters. The van der Waals surface area contributed by atoms with Gasteiger partial charge in [0.05, 0.1) is 5.69 Å². The van der Waals surface area contributed by atoms with E-state index < -0.39 is 28.7 Å². The number of anilines is 1. The van der Waals surface area contributed by atoms with Gasteiger partial charge in [0.2, 0.25) is 11.8 Å². The van der Waals surface area contributed by atoms with Gasteiger partial charge in [-0.15, -0.1) is 0 Å². The molecule has 0 fully saturated rings. The van der Waals surface area contributed by atoms with Gasteiger partial charge in [0, 0.05) is 38.6 Å². The maximum absolute atomic E-state index is 14.2. The van der Waals surface area contributed by atoms with Crippen molar-refractivity contribution < 1.29 is 18.0 Å². The number of amides is 2. The molecule has 0 spiro atoms. The fourth-order valence-corrected chi connectivity index (χ4v) is 5.69. The van der Waals surface area contributed by atoms with Crippen molar-refractivity contribution in [1.29, 1.82) is 0 Å². The second kappa shape index (κ2) is 13.8. The normalized spacial score (nSPS) is 12.2. The van der Waals surface area contributed by atoms with E-state index in [4.69, 9.17) is 11.6 Å². The monoisotopic (exact) mass is 584 g/mol. The minimum Gasteiger partial charge on any atom is -0.355 e. The number of carbonyl (C=O) groups excluding carboxylic acids is 2. The molecule has 1 N–H and O–H groups in total. The quantitative estimate of drug-likeness (QED) is 0.343. The highest BCUT2D eigenvalue weighted by Crippen LogP contribution is 2.26. The molecule has 0 heterocycles. The van der Waals surface area contributed by atoms with Crippen LogP contribution in [0.5, 0.6) is 0 Å². The summed E-state index contributed by atoms with van der Waals surface area (Å²) in [5, 5.41) is 3.34. The van der Waals surface area contributed by atoms with Crippen LogP contribution in [0.2, 0.25) is 5.02 Å². The summed E-state index contributed by atoms with van der Waals surface area (Å²) in [7, 11) is -1.21. The smallest absolute Gasteiger partial charge is 0.304 e. The van der Waals surface area contributed by atoms with Crippen LogP contribution in [0.15, 0.2) is 72.8 Å². The van der Waals surface area contributed by atoms with Crippen molar-refractivity contribution in [3.05, 3.63) is 100 Å². The van der Waals surface area contributed by atoms with Gasteiger partial charge in [-0.05, 0) is 61.2 Å². The highest BCUT2D eigenvalue weighted by Gasteiger charge is 2.35. The van der Waals surface area contributed by atoms with E-state index in [2.05, 4.69) is 5.32 Å². The van der Waals surface area contributed by atoms with Crippen LogP contribution >= 0.6 is 11.6 Å². The number of likely N-dealkylation sites (N-methyl/N-ethyl adjacent to an activating group) is 1. The van der Waals surface area contributed by atoms with Crippen molar-refractivity contribution >= 4 is 39.3 Å². The van der Waals surface area contributed by atoms with E-state index in [1.54, 1.807) is 31.2 Å². The highest BCUT2D eigenvalue weighted by molar-refractivity contribution is 7.90. The van der Waals surface area contributed by atoms with Gasteiger partial charge in [-0.1, -0.05) is 66.2 Å². The lowest BCUT2D eigenvalue weighted by atomic mass is 10.0. The third kappa shape index (κ3) is 7.84. The molecule has 1 atom stereocenters. The second-order valence-electron chi connectivity index (χ2n) is 9.84. The van der Waals surface area contributed by atoms with Gasteiger partial charge in [-0.3, -0.25) is 9.59 Å². The van der Waals surface area contributed by atoms with Crippen molar-refractivity contribution in [2.24, 2.45) is 0 Å². The Hall–Kier alpha value is -3.40. The molecule has 0 saturated carbocycles. The topological polar surface area (TPSA) is 90.0 Å². The van der Waals surface area contributed by atoms with Gasteiger partial charge >= 0.3 is 10.2 Å². The van der Waals surface area contributed by atoms with Crippen molar-refractivity contribution in [3.63, 3.8) is 0 Å². The molecule has 0 radical (unpaired) electrons. The molecule has 214 valence electrons. The second-order valence-corrected chi connectivity index (χ2v) is 12.3. The number of hydrogen-bond donors (Lipinski definition) is 1. The van der Waals surface area contributed by atoms with E-state index in [1.807, 2.05) is 62.4 Å². The van der Waals surface area contributed by atoms with E-state index in [0.717, 1.165) is 25.3 Å². The number of hydrogen-bond acceptors (Lipinski definition) is 4. The van der Waals surface area contributed by atoms with E-state index in [0.29, 0.717) is 22.8 Å². The summed E-state index contributed by atoms with van der Waals surface area (Å²) in [5.74, 6) is -0.839. The van der Waals surface area contributed by atoms with Crippen LogP contribution in [0.3, 0.4) is 0 Å². The first-order chi connectivity index (χ1) is 18.9. The van der Waals surface area contributed by atoms with Crippen LogP contribution in [-0.4, -0.2) is 62.7 Å². The van der Waals surface area contributed by atoms with Gasteiger partial charge < -0.3 is 10.2 Å². The van der Waals surface area contributed by atoms with Gasteiger partial charge in [0.15, 0.2) is 0 Å². The molecule has 3 rings (SSSR count). The number of aryl methyl sites for hydroxylation is 2. The predicted octanol–water partition coefficient (Wildman–Crippen LogP) is 4.35. The van der Waals surface area contributed by atoms with Crippen molar-refractivity contribution in [2.75, 3.05) is 31.5 Å². The van der Waals surface area contributed by atoms with Gasteiger partial charge in [-0.25, -0.2) is 4.31 Å². The maximum atomic E-state index is 14.2. The van der Waals surface area contributed by atoms with E-state index in [9.17, 15) is 18.0 Å². The Labute approximate surface area is 242 Å². The Morgan fingerprint density at radius 1 is 0.925 bits per heavy atom. The summed E-state index contributed by atoms with van der Waals surface area (Å²) >= 11 is 6.24. The molecular weight excluding hydrogens is 548 g/mol. The molecular formula is C30H37ClN4O4S. The van der Waals surface area contributed by atoms with Crippen LogP contribution < -0.4 is 9.62 Å². The Balaban J connectivity index is 2.11. The van der Waals surface area contributed by atoms with Gasteiger partial charge in [0.1, 0.15) is 12.6 Å². The lowest BCUT2D eigenvalue weighted by Crippen LogP contribution is -2.54. The number of nitrogens with one attached hydrogen (secondary N) is 1. The average molecular weight is 585 g/mol. The van der Waals surface area contributed by atoms with Gasteiger partial charge in [0.25, 0.3) is 0 Å². The number of carbonyl (C=O) groups is 2. The molecule has 40 heavy (non-hydrogen) atoms. The van der Waals surface area contributed by atoms with E-state index >= 15 is 0 Å². The van der Waals surface area contributed by atoms with Crippen molar-refractivity contribution in [2.45, 2.75) is 39.8 Å². The number of nitrogens with zero attached hydrogens (tertiary/aromatic N) is 3. The molecule has 2 amide bonds. The maximum Gasteiger partial charge on any atom is 0.304 e. The van der Waals surface area contributed by atoms with E-state index in [-0.39, 0.29) is 18.9 Å². The third-order valence-corrected chi connectivity index (χ3v) is 8.56. The first-order valence-corrected chi connectivity index (χ1v) is 14.8. The zero-order chi connectivity index (χ0) is 29.4. The Morgan fingerprint density at radius 3 is 2.23 bits per heavy atom. The molecule has 3 aromatic carbocycles. The minimum atomic E-state index is -4.06. The van der Waals surface area contributed by atoms with Crippen molar-refractivity contribution in [3.8, 4) is 0 Å². The summed E-state index contributed by atoms with van der Waals surface area (Å²) in [5.41, 5.74) is 3.55. The summed E-state index contributed by atoms with van der Waals surface area (Å²) < 4.78 is 29.3. The lowest BCUT2D eigenvalue weighted by Gasteiger charge is -2.34. The fourth-order valence-electron chi connectivity index (χ4n) is 4.37. The van der Waals surface area contributed by atoms with Gasteiger partial charge in [-0.2, -0.15) is 12.7 Å². The van der Waals surface area contributed by atoms with Crippen LogP contribution in [0.1, 0.15) is 29.2 Å². The Kier molecular flexibility index (Phi) is 10.7. The Bertz CT molecular complexity index is 1430. The van der Waals surface area contributed by atoms with Crippen LogP contribution in [-0.2, 0) is 32.8 Å². The molecule has 3 aromatic rings. The molecule has 0 aliphatic rings. The minimum absolute atomic E-state index is 0.0662. The first kappa shape index (κ1) is 31.1. The SMILES string of the molecule is CCNC(=O)C(Cc1ccccc1)N(Cc1cccc(Cl)c1)C(=O)CN(c1cc(C)ccc1C)S(=O)(=O)N(C)C. The summed E-state index contributed by atoms with van der Waals surface area (Å²) in [6, 6.07) is 21.0. The van der Waals surface area contributed by atoms with E-state index in [1.165, 1.54) is 19.0 Å². The van der Waals surface area contributed by atoms with Crippen LogP contribution in [0.25, 0.3) is 0 Å². The summed E-state index contributed by atoms with van der Waals surface area (Å²) in [6.07, 6.45) is 0.253. The van der Waals surface area contributed by atoms with Crippen LogP contribution in [0, 0.1) is 13.8 Å². The zero-order valence-corrected chi connectivity index (χ0v) is 25.2. The predicted molar refractivity (Wildman–Crippen MR) is 160 cm³/mol. The zero-order valence-electron chi connectivity index (χ0n) is 23.6. The number of benzene rings is 3. The largest absolute Gasteiger partial charge is 0.355 e. The summed E-state index contributed by atoms with van der Waals surface area (Å²) in [6.45, 7) is 5.43. The molecule has 0 aromatic heterocycles. The molecule has 0 aliphatic heterocycles. The standard InChI is InChI=1S/C30H37ClN4O4S/c1-6-32-30(37)28(19-24-11-8-7-9-12-24)34(20-25-13-10-14-26(31)18-25)29(36)21-35(40(38,39)33(4)5)27-17-22(2)15-16-23(27)3/h7-18,28H,6,19-21H2,1-5H3,(H,32,37). The first-order valence-electron chi connectivity index (χ1n) is 13.1. The molecule has 0 aliphatic carbocycles. The Morgan fingerprint density at radius 2 is 1.60 bits per heavy atom. The highest BCUT2D eigenvalue weighted by atomic mass is 35.5. The average Bonchev–Trinajstić information content (AvgIpc) is 2.91. The number of halogens is 1. The molecule has 8 nitrogen and oxygen atoms in total. The number of rotatable bonds is 12.